The average molecular weight is 238 g/mol. The minimum Gasteiger partial charge on any atom is -0.476 e. The molecule has 1 aliphatic carbocycles. The molecule has 0 aromatic carbocycles. The number of nitrogens with zero attached hydrogens (tertiary/aromatic N) is 2. The Balaban J connectivity index is 2.12. The summed E-state index contributed by atoms with van der Waals surface area (Å²) in [5.74, 6) is -0.459. The molecular formula is C12H18N2O3. The number of hydrogen-bond acceptors (Lipinski definition) is 4. The summed E-state index contributed by atoms with van der Waals surface area (Å²) in [6.07, 6.45) is 6.01. The predicted octanol–water partition coefficient (Wildman–Crippen LogP) is 2.39. The normalized spacial score (nSPS) is 24.6. The molecule has 1 heterocycles. The van der Waals surface area contributed by atoms with Gasteiger partial charge < -0.3 is 14.4 Å². The van der Waals surface area contributed by atoms with Crippen LogP contribution < -0.4 is 4.90 Å². The average Bonchev–Trinajstić information content (AvgIpc) is 2.78. The molecule has 1 fully saturated rings. The maximum Gasteiger partial charge on any atom is 0.357 e. The molecule has 1 saturated carbocycles. The van der Waals surface area contributed by atoms with E-state index >= 15 is 0 Å². The van der Waals surface area contributed by atoms with Gasteiger partial charge in [0.05, 0.1) is 0 Å². The van der Waals surface area contributed by atoms with Crippen LogP contribution in [0.4, 0.5) is 6.01 Å². The van der Waals surface area contributed by atoms with Gasteiger partial charge in [-0.25, -0.2) is 4.79 Å². The zero-order valence-corrected chi connectivity index (χ0v) is 10.2. The number of carboxylic acid groups (broad SMARTS) is 1. The van der Waals surface area contributed by atoms with Gasteiger partial charge in [0.15, 0.2) is 5.69 Å². The molecule has 0 saturated heterocycles. The molecule has 5 heteroatoms. The third kappa shape index (κ3) is 2.43. The molecule has 2 unspecified atom stereocenters. The van der Waals surface area contributed by atoms with E-state index in [1.54, 1.807) is 0 Å². The lowest BCUT2D eigenvalue weighted by molar-refractivity contribution is 0.0690. The van der Waals surface area contributed by atoms with Crippen LogP contribution in [0, 0.1) is 5.92 Å². The van der Waals surface area contributed by atoms with Crippen LogP contribution in [0.5, 0.6) is 0 Å². The second kappa shape index (κ2) is 4.77. The quantitative estimate of drug-likeness (QED) is 0.875. The Morgan fingerprint density at radius 2 is 2.24 bits per heavy atom. The molecule has 0 spiro atoms. The van der Waals surface area contributed by atoms with Crippen molar-refractivity contribution in [2.24, 2.45) is 5.92 Å². The smallest absolute Gasteiger partial charge is 0.357 e. The fraction of sp³-hybridized carbons (Fsp3) is 0.667. The van der Waals surface area contributed by atoms with Crippen molar-refractivity contribution < 1.29 is 14.3 Å². The predicted molar refractivity (Wildman–Crippen MR) is 63.3 cm³/mol. The third-order valence-corrected chi connectivity index (χ3v) is 3.58. The Labute approximate surface area is 100 Å². The van der Waals surface area contributed by atoms with Crippen LogP contribution in [0.1, 0.15) is 43.1 Å². The van der Waals surface area contributed by atoms with Crippen molar-refractivity contribution in [3.8, 4) is 0 Å². The molecule has 94 valence electrons. The highest BCUT2D eigenvalue weighted by Crippen LogP contribution is 2.29. The topological polar surface area (TPSA) is 66.6 Å². The maximum absolute atomic E-state index is 10.7. The second-order valence-electron chi connectivity index (χ2n) is 4.76. The summed E-state index contributed by atoms with van der Waals surface area (Å²) in [6, 6.07) is 0.796. The fourth-order valence-electron chi connectivity index (χ4n) is 2.54. The van der Waals surface area contributed by atoms with Crippen LogP contribution in [0.25, 0.3) is 0 Å². The number of carboxylic acids is 1. The van der Waals surface area contributed by atoms with Crippen molar-refractivity contribution in [2.45, 2.75) is 38.6 Å². The number of rotatable bonds is 3. The molecule has 2 atom stereocenters. The van der Waals surface area contributed by atoms with Crippen molar-refractivity contribution in [3.05, 3.63) is 12.0 Å². The first-order chi connectivity index (χ1) is 8.09. The van der Waals surface area contributed by atoms with Crippen LogP contribution in [0.15, 0.2) is 10.7 Å². The highest BCUT2D eigenvalue weighted by atomic mass is 16.4. The Kier molecular flexibility index (Phi) is 3.36. The number of hydrogen-bond donors (Lipinski definition) is 1. The minimum atomic E-state index is -1.05. The lowest BCUT2D eigenvalue weighted by atomic mass is 9.85. The summed E-state index contributed by atoms with van der Waals surface area (Å²) in [7, 11) is 1.92. The summed E-state index contributed by atoms with van der Waals surface area (Å²) in [6.45, 7) is 2.22. The molecule has 0 amide bonds. The van der Waals surface area contributed by atoms with Crippen molar-refractivity contribution in [1.29, 1.82) is 0 Å². The third-order valence-electron chi connectivity index (χ3n) is 3.58. The molecule has 2 rings (SSSR count). The lowest BCUT2D eigenvalue weighted by Gasteiger charge is -2.35. The van der Waals surface area contributed by atoms with Gasteiger partial charge in [0.1, 0.15) is 6.26 Å². The number of oxazole rings is 1. The van der Waals surface area contributed by atoms with Gasteiger partial charge in [-0.3, -0.25) is 0 Å². The van der Waals surface area contributed by atoms with Crippen LogP contribution in [0.2, 0.25) is 0 Å². The van der Waals surface area contributed by atoms with Crippen molar-refractivity contribution in [2.75, 3.05) is 11.9 Å². The summed E-state index contributed by atoms with van der Waals surface area (Å²) in [5, 5.41) is 8.80. The standard InChI is InChI=1S/C12H18N2O3/c1-8-5-3-4-6-10(8)14(2)12-13-9(7-17-12)11(15)16/h7-8,10H,3-6H2,1-2H3,(H,15,16). The zero-order chi connectivity index (χ0) is 12.4. The van der Waals surface area contributed by atoms with Crippen LogP contribution in [-0.2, 0) is 0 Å². The summed E-state index contributed by atoms with van der Waals surface area (Å²) < 4.78 is 5.22. The first kappa shape index (κ1) is 12.0. The van der Waals surface area contributed by atoms with Crippen molar-refractivity contribution >= 4 is 12.0 Å². The SMILES string of the molecule is CC1CCCCC1N(C)c1nc(C(=O)O)co1. The fourth-order valence-corrected chi connectivity index (χ4v) is 2.54. The first-order valence-corrected chi connectivity index (χ1v) is 6.01. The van der Waals surface area contributed by atoms with Gasteiger partial charge in [-0.15, -0.1) is 0 Å². The summed E-state index contributed by atoms with van der Waals surface area (Å²) >= 11 is 0. The largest absolute Gasteiger partial charge is 0.476 e. The molecule has 1 aromatic heterocycles. The van der Waals surface area contributed by atoms with E-state index in [4.69, 9.17) is 9.52 Å². The van der Waals surface area contributed by atoms with Gasteiger partial charge in [0.25, 0.3) is 6.01 Å². The molecule has 1 aliphatic rings. The van der Waals surface area contributed by atoms with Gasteiger partial charge in [-0.05, 0) is 18.8 Å². The molecule has 0 aliphatic heterocycles. The number of aromatic nitrogens is 1. The van der Waals surface area contributed by atoms with Gasteiger partial charge in [-0.2, -0.15) is 4.98 Å². The zero-order valence-electron chi connectivity index (χ0n) is 10.2. The highest BCUT2D eigenvalue weighted by molar-refractivity contribution is 5.85. The first-order valence-electron chi connectivity index (χ1n) is 6.01. The van der Waals surface area contributed by atoms with Crippen molar-refractivity contribution in [1.82, 2.24) is 4.98 Å². The Morgan fingerprint density at radius 3 is 2.82 bits per heavy atom. The van der Waals surface area contributed by atoms with E-state index in [0.717, 1.165) is 6.42 Å². The second-order valence-corrected chi connectivity index (χ2v) is 4.76. The summed E-state index contributed by atoms with van der Waals surface area (Å²) in [5.41, 5.74) is -0.0321. The van der Waals surface area contributed by atoms with Crippen molar-refractivity contribution in [3.63, 3.8) is 0 Å². The van der Waals surface area contributed by atoms with E-state index in [9.17, 15) is 4.79 Å². The highest BCUT2D eigenvalue weighted by Gasteiger charge is 2.27. The van der Waals surface area contributed by atoms with Crippen LogP contribution in [-0.4, -0.2) is 29.1 Å². The van der Waals surface area contributed by atoms with Gasteiger partial charge >= 0.3 is 5.97 Å². The molecule has 17 heavy (non-hydrogen) atoms. The van der Waals surface area contributed by atoms with Crippen LogP contribution in [0.3, 0.4) is 0 Å². The number of carbonyl (C=O) groups is 1. The molecule has 5 nitrogen and oxygen atoms in total. The summed E-state index contributed by atoms with van der Waals surface area (Å²) in [4.78, 5) is 16.7. The van der Waals surface area contributed by atoms with Gasteiger partial charge in [0.2, 0.25) is 0 Å². The Hall–Kier alpha value is -1.52. The van der Waals surface area contributed by atoms with Gasteiger partial charge in [0, 0.05) is 13.1 Å². The van der Waals surface area contributed by atoms with Gasteiger partial charge in [-0.1, -0.05) is 19.8 Å². The molecule has 0 bridgehead atoms. The van der Waals surface area contributed by atoms with E-state index in [0.29, 0.717) is 18.0 Å². The molecule has 0 radical (unpaired) electrons. The Morgan fingerprint density at radius 1 is 1.53 bits per heavy atom. The van der Waals surface area contributed by atoms with E-state index in [-0.39, 0.29) is 5.69 Å². The van der Waals surface area contributed by atoms with E-state index in [1.165, 1.54) is 25.5 Å². The minimum absolute atomic E-state index is 0.0321. The monoisotopic (exact) mass is 238 g/mol. The molecule has 1 aromatic rings. The number of anilines is 1. The van der Waals surface area contributed by atoms with E-state index < -0.39 is 5.97 Å². The number of aromatic carboxylic acids is 1. The van der Waals surface area contributed by atoms with Crippen LogP contribution >= 0.6 is 0 Å². The molecular weight excluding hydrogens is 220 g/mol. The Bertz CT molecular complexity index is 402. The lowest BCUT2D eigenvalue weighted by Crippen LogP contribution is -2.39. The van der Waals surface area contributed by atoms with E-state index in [1.807, 2.05) is 11.9 Å². The molecule has 1 N–H and O–H groups in total. The van der Waals surface area contributed by atoms with E-state index in [2.05, 4.69) is 11.9 Å². The maximum atomic E-state index is 10.7.